The molecule has 1 amide bonds. The summed E-state index contributed by atoms with van der Waals surface area (Å²) in [6, 6.07) is 5.83. The second-order valence-electron chi connectivity index (χ2n) is 5.93. The third-order valence-electron chi connectivity index (χ3n) is 4.19. The fraction of sp³-hybridized carbons (Fsp3) is 0.412. The molecule has 24 heavy (non-hydrogen) atoms. The number of anilines is 1. The molecular formula is C17H22N4O2S. The summed E-state index contributed by atoms with van der Waals surface area (Å²) >= 11 is 1.32. The third kappa shape index (κ3) is 4.11. The van der Waals surface area contributed by atoms with Crippen LogP contribution in [0.3, 0.4) is 0 Å². The van der Waals surface area contributed by atoms with Gasteiger partial charge in [0.2, 0.25) is 0 Å². The average molecular weight is 346 g/mol. The molecule has 0 atom stereocenters. The Morgan fingerprint density at radius 3 is 2.79 bits per heavy atom. The van der Waals surface area contributed by atoms with Gasteiger partial charge < -0.3 is 15.0 Å². The van der Waals surface area contributed by atoms with Crippen molar-refractivity contribution in [3.8, 4) is 5.75 Å². The number of ether oxygens (including phenoxy) is 1. The quantitative estimate of drug-likeness (QED) is 0.899. The first-order valence-electron chi connectivity index (χ1n) is 7.93. The van der Waals surface area contributed by atoms with E-state index in [1.165, 1.54) is 11.3 Å². The highest BCUT2D eigenvalue weighted by Crippen LogP contribution is 2.25. The normalized spacial score (nSPS) is 16.1. The molecule has 2 aromatic rings. The summed E-state index contributed by atoms with van der Waals surface area (Å²) in [4.78, 5) is 21.4. The lowest BCUT2D eigenvalue weighted by atomic mass is 10.1. The van der Waals surface area contributed by atoms with Gasteiger partial charge in [-0.25, -0.2) is 0 Å². The van der Waals surface area contributed by atoms with Gasteiger partial charge in [-0.05, 0) is 13.1 Å². The fourth-order valence-corrected chi connectivity index (χ4v) is 3.24. The van der Waals surface area contributed by atoms with E-state index in [-0.39, 0.29) is 5.91 Å². The standard InChI is InChI=1S/C17H22N4O2S/c1-20-5-7-21(8-6-20)11-13-3-4-14(9-15(13)23-2)19-17(22)16-10-18-12-24-16/h3-4,9-10,12H,5-8,11H2,1-2H3,(H,19,22). The number of methoxy groups -OCH3 is 1. The van der Waals surface area contributed by atoms with Crippen LogP contribution in [-0.4, -0.2) is 61.0 Å². The van der Waals surface area contributed by atoms with E-state index in [4.69, 9.17) is 4.74 Å². The van der Waals surface area contributed by atoms with Crippen LogP contribution in [0, 0.1) is 0 Å². The Kier molecular flexibility index (Phi) is 5.44. The zero-order valence-electron chi connectivity index (χ0n) is 14.0. The topological polar surface area (TPSA) is 57.7 Å². The van der Waals surface area contributed by atoms with Gasteiger partial charge in [-0.2, -0.15) is 0 Å². The number of nitrogens with one attached hydrogen (secondary N) is 1. The molecule has 128 valence electrons. The molecule has 0 saturated carbocycles. The highest BCUT2D eigenvalue weighted by Gasteiger charge is 2.16. The monoisotopic (exact) mass is 346 g/mol. The molecule has 1 fully saturated rings. The number of rotatable bonds is 5. The van der Waals surface area contributed by atoms with E-state index >= 15 is 0 Å². The van der Waals surface area contributed by atoms with Crippen molar-refractivity contribution >= 4 is 22.9 Å². The smallest absolute Gasteiger partial charge is 0.267 e. The summed E-state index contributed by atoms with van der Waals surface area (Å²) in [5.74, 6) is 0.655. The van der Waals surface area contributed by atoms with Gasteiger partial charge in [0.1, 0.15) is 10.6 Å². The molecule has 0 aliphatic carbocycles. The van der Waals surface area contributed by atoms with Crippen molar-refractivity contribution in [1.82, 2.24) is 14.8 Å². The highest BCUT2D eigenvalue weighted by atomic mass is 32.1. The lowest BCUT2D eigenvalue weighted by molar-refractivity contribution is 0.103. The predicted octanol–water partition coefficient (Wildman–Crippen LogP) is 2.15. The number of likely N-dealkylation sites (N-methyl/N-ethyl adjacent to an activating group) is 1. The van der Waals surface area contributed by atoms with Crippen molar-refractivity contribution in [3.63, 3.8) is 0 Å². The molecule has 0 unspecified atom stereocenters. The Morgan fingerprint density at radius 2 is 2.12 bits per heavy atom. The van der Waals surface area contributed by atoms with E-state index in [9.17, 15) is 4.79 Å². The van der Waals surface area contributed by atoms with Gasteiger partial charge in [0.25, 0.3) is 5.91 Å². The molecule has 1 aromatic heterocycles. The Bertz CT molecular complexity index is 682. The summed E-state index contributed by atoms with van der Waals surface area (Å²) in [6.07, 6.45) is 1.57. The Hall–Kier alpha value is -1.96. The van der Waals surface area contributed by atoms with Crippen molar-refractivity contribution < 1.29 is 9.53 Å². The number of hydrogen-bond acceptors (Lipinski definition) is 6. The largest absolute Gasteiger partial charge is 0.496 e. The van der Waals surface area contributed by atoms with Gasteiger partial charge >= 0.3 is 0 Å². The van der Waals surface area contributed by atoms with Gasteiger partial charge in [-0.3, -0.25) is 14.7 Å². The summed E-state index contributed by atoms with van der Waals surface area (Å²) in [5, 5.41) is 2.89. The number of thiazole rings is 1. The first-order valence-corrected chi connectivity index (χ1v) is 8.81. The van der Waals surface area contributed by atoms with Crippen LogP contribution in [0.25, 0.3) is 0 Å². The fourth-order valence-electron chi connectivity index (χ4n) is 2.72. The minimum atomic E-state index is -0.147. The minimum Gasteiger partial charge on any atom is -0.496 e. The first-order chi connectivity index (χ1) is 11.7. The number of amides is 1. The maximum absolute atomic E-state index is 12.1. The van der Waals surface area contributed by atoms with E-state index in [1.54, 1.807) is 18.8 Å². The minimum absolute atomic E-state index is 0.147. The number of nitrogens with zero attached hydrogens (tertiary/aromatic N) is 3. The van der Waals surface area contributed by atoms with Crippen LogP contribution in [0.4, 0.5) is 5.69 Å². The lowest BCUT2D eigenvalue weighted by Gasteiger charge is -2.32. The maximum atomic E-state index is 12.1. The van der Waals surface area contributed by atoms with E-state index in [0.29, 0.717) is 4.88 Å². The predicted molar refractivity (Wildman–Crippen MR) is 95.8 cm³/mol. The van der Waals surface area contributed by atoms with Crippen molar-refractivity contribution in [1.29, 1.82) is 0 Å². The van der Waals surface area contributed by atoms with E-state index in [0.717, 1.165) is 49.7 Å². The SMILES string of the molecule is COc1cc(NC(=O)c2cncs2)ccc1CN1CCN(C)CC1. The van der Waals surface area contributed by atoms with Crippen LogP contribution in [0.15, 0.2) is 29.9 Å². The summed E-state index contributed by atoms with van der Waals surface area (Å²) in [5.41, 5.74) is 3.51. The van der Waals surface area contributed by atoms with Crippen molar-refractivity contribution in [2.24, 2.45) is 0 Å². The summed E-state index contributed by atoms with van der Waals surface area (Å²) in [6.45, 7) is 5.16. The number of benzene rings is 1. The molecule has 6 nitrogen and oxygen atoms in total. The summed E-state index contributed by atoms with van der Waals surface area (Å²) in [7, 11) is 3.82. The number of aromatic nitrogens is 1. The molecular weight excluding hydrogens is 324 g/mol. The third-order valence-corrected chi connectivity index (χ3v) is 4.96. The van der Waals surface area contributed by atoms with Gasteiger partial charge in [-0.1, -0.05) is 6.07 Å². The van der Waals surface area contributed by atoms with E-state index < -0.39 is 0 Å². The Labute approximate surface area is 146 Å². The van der Waals surface area contributed by atoms with Crippen molar-refractivity contribution in [3.05, 3.63) is 40.3 Å². The maximum Gasteiger partial charge on any atom is 0.267 e. The van der Waals surface area contributed by atoms with Crippen LogP contribution in [0.2, 0.25) is 0 Å². The molecule has 7 heteroatoms. The Balaban J connectivity index is 1.67. The van der Waals surface area contributed by atoms with Gasteiger partial charge in [0, 0.05) is 50.0 Å². The number of carbonyl (C=O) groups is 1. The highest BCUT2D eigenvalue weighted by molar-refractivity contribution is 7.11. The molecule has 1 aromatic carbocycles. The van der Waals surface area contributed by atoms with Crippen LogP contribution in [-0.2, 0) is 6.54 Å². The molecule has 1 aliphatic heterocycles. The molecule has 3 rings (SSSR count). The number of piperazine rings is 1. The average Bonchev–Trinajstić information content (AvgIpc) is 3.13. The molecule has 1 N–H and O–H groups in total. The molecule has 0 radical (unpaired) electrons. The van der Waals surface area contributed by atoms with Crippen LogP contribution < -0.4 is 10.1 Å². The van der Waals surface area contributed by atoms with Crippen molar-refractivity contribution in [2.45, 2.75) is 6.54 Å². The van der Waals surface area contributed by atoms with Gasteiger partial charge in [0.15, 0.2) is 0 Å². The molecule has 0 bridgehead atoms. The molecule has 2 heterocycles. The zero-order valence-corrected chi connectivity index (χ0v) is 14.8. The van der Waals surface area contributed by atoms with Crippen LogP contribution in [0.1, 0.15) is 15.2 Å². The molecule has 1 aliphatic rings. The molecule has 0 spiro atoms. The van der Waals surface area contributed by atoms with Crippen molar-refractivity contribution in [2.75, 3.05) is 45.7 Å². The number of carbonyl (C=O) groups excluding carboxylic acids is 1. The summed E-state index contributed by atoms with van der Waals surface area (Å²) < 4.78 is 5.52. The zero-order chi connectivity index (χ0) is 16.9. The lowest BCUT2D eigenvalue weighted by Crippen LogP contribution is -2.43. The van der Waals surface area contributed by atoms with Crippen LogP contribution in [0.5, 0.6) is 5.75 Å². The van der Waals surface area contributed by atoms with E-state index in [1.807, 2.05) is 18.2 Å². The molecule has 1 saturated heterocycles. The van der Waals surface area contributed by atoms with Crippen LogP contribution >= 0.6 is 11.3 Å². The second kappa shape index (κ2) is 7.74. The van der Waals surface area contributed by atoms with Gasteiger partial charge in [0.05, 0.1) is 18.8 Å². The first kappa shape index (κ1) is 16.9. The number of hydrogen-bond donors (Lipinski definition) is 1. The van der Waals surface area contributed by atoms with E-state index in [2.05, 4.69) is 27.1 Å². The van der Waals surface area contributed by atoms with Gasteiger partial charge in [-0.15, -0.1) is 11.3 Å². The second-order valence-corrected chi connectivity index (χ2v) is 6.81. The Morgan fingerprint density at radius 1 is 1.33 bits per heavy atom.